The first-order valence-corrected chi connectivity index (χ1v) is 7.91. The summed E-state index contributed by atoms with van der Waals surface area (Å²) in [6, 6.07) is 8.06. The highest BCUT2D eigenvalue weighted by molar-refractivity contribution is 8.18. The molecule has 2 amide bonds. The van der Waals surface area contributed by atoms with Crippen molar-refractivity contribution in [1.29, 1.82) is 0 Å². The van der Waals surface area contributed by atoms with Gasteiger partial charge in [-0.3, -0.25) is 14.5 Å². The van der Waals surface area contributed by atoms with E-state index in [1.165, 1.54) is 4.90 Å². The molecule has 0 spiro atoms. The summed E-state index contributed by atoms with van der Waals surface area (Å²) in [5.74, 6) is -0.247. The summed E-state index contributed by atoms with van der Waals surface area (Å²) in [5, 5.41) is 0.843. The Morgan fingerprint density at radius 1 is 1.27 bits per heavy atom. The van der Waals surface area contributed by atoms with Crippen molar-refractivity contribution in [3.05, 3.63) is 53.6 Å². The number of amides is 2. The molecule has 0 unspecified atom stereocenters. The molecule has 22 heavy (non-hydrogen) atoms. The maximum Gasteiger partial charge on any atom is 0.293 e. The van der Waals surface area contributed by atoms with Gasteiger partial charge in [-0.2, -0.15) is 0 Å². The first-order chi connectivity index (χ1) is 10.7. The largest absolute Gasteiger partial charge is 0.347 e. The van der Waals surface area contributed by atoms with E-state index in [-0.39, 0.29) is 17.7 Å². The topological polar surface area (TPSA) is 42.3 Å². The standard InChI is InChI=1S/C17H16N2O2S/c1-3-9-19-16(20)15(22-17(19)21)10-12-11-18(4-2)14-8-6-5-7-13(12)14/h3,5-8,10-11H,1,4,9H2,2H3/b15-10+. The van der Waals surface area contributed by atoms with Crippen LogP contribution in [0.1, 0.15) is 12.5 Å². The van der Waals surface area contributed by atoms with E-state index < -0.39 is 0 Å². The Hall–Kier alpha value is -2.27. The predicted molar refractivity (Wildman–Crippen MR) is 90.5 cm³/mol. The van der Waals surface area contributed by atoms with Crippen molar-refractivity contribution in [3.63, 3.8) is 0 Å². The smallest absolute Gasteiger partial charge is 0.293 e. The van der Waals surface area contributed by atoms with Gasteiger partial charge in [0.25, 0.3) is 11.1 Å². The summed E-state index contributed by atoms with van der Waals surface area (Å²) < 4.78 is 2.13. The minimum Gasteiger partial charge on any atom is -0.347 e. The number of aryl methyl sites for hydroxylation is 1. The number of hydrogen-bond donors (Lipinski definition) is 0. The van der Waals surface area contributed by atoms with Crippen molar-refractivity contribution in [2.24, 2.45) is 0 Å². The lowest BCUT2D eigenvalue weighted by atomic mass is 10.1. The van der Waals surface area contributed by atoms with E-state index in [1.54, 1.807) is 6.08 Å². The quantitative estimate of drug-likeness (QED) is 0.635. The average Bonchev–Trinajstić information content (AvgIpc) is 3.01. The first-order valence-electron chi connectivity index (χ1n) is 7.09. The Kier molecular flexibility index (Phi) is 3.90. The molecular formula is C17H16N2O2S. The maximum absolute atomic E-state index is 12.3. The highest BCUT2D eigenvalue weighted by Crippen LogP contribution is 2.33. The lowest BCUT2D eigenvalue weighted by Crippen LogP contribution is -2.27. The second-order valence-corrected chi connectivity index (χ2v) is 5.96. The molecule has 112 valence electrons. The van der Waals surface area contributed by atoms with E-state index in [2.05, 4.69) is 24.1 Å². The molecule has 0 saturated carbocycles. The van der Waals surface area contributed by atoms with Crippen LogP contribution in [0.4, 0.5) is 4.79 Å². The molecule has 3 rings (SSSR count). The molecule has 4 nitrogen and oxygen atoms in total. The van der Waals surface area contributed by atoms with Crippen LogP contribution in [0.25, 0.3) is 17.0 Å². The third kappa shape index (κ3) is 2.37. The summed E-state index contributed by atoms with van der Waals surface area (Å²) in [5.41, 5.74) is 2.09. The number of hydrogen-bond acceptors (Lipinski definition) is 3. The number of imide groups is 1. The van der Waals surface area contributed by atoms with E-state index in [0.717, 1.165) is 34.8 Å². The van der Waals surface area contributed by atoms with Crippen LogP contribution in [-0.4, -0.2) is 27.2 Å². The van der Waals surface area contributed by atoms with Gasteiger partial charge in [-0.15, -0.1) is 6.58 Å². The molecule has 1 saturated heterocycles. The van der Waals surface area contributed by atoms with Crippen LogP contribution in [0, 0.1) is 0 Å². The summed E-state index contributed by atoms with van der Waals surface area (Å²) in [4.78, 5) is 25.8. The fourth-order valence-electron chi connectivity index (χ4n) is 2.58. The van der Waals surface area contributed by atoms with Gasteiger partial charge in [0.05, 0.1) is 4.91 Å². The lowest BCUT2D eigenvalue weighted by molar-refractivity contribution is -0.122. The summed E-state index contributed by atoms with van der Waals surface area (Å²) in [7, 11) is 0. The Balaban J connectivity index is 2.04. The maximum atomic E-state index is 12.3. The monoisotopic (exact) mass is 312 g/mol. The highest BCUT2D eigenvalue weighted by atomic mass is 32.2. The van der Waals surface area contributed by atoms with Gasteiger partial charge in [0.1, 0.15) is 0 Å². The van der Waals surface area contributed by atoms with Crippen molar-refractivity contribution in [3.8, 4) is 0 Å². The van der Waals surface area contributed by atoms with E-state index >= 15 is 0 Å². The first kappa shape index (κ1) is 14.7. The van der Waals surface area contributed by atoms with Crippen LogP contribution in [-0.2, 0) is 11.3 Å². The van der Waals surface area contributed by atoms with Gasteiger partial charge >= 0.3 is 0 Å². The molecule has 1 aliphatic rings. The molecule has 1 aliphatic heterocycles. The molecule has 0 bridgehead atoms. The Labute approximate surface area is 133 Å². The molecular weight excluding hydrogens is 296 g/mol. The van der Waals surface area contributed by atoms with Gasteiger partial charge in [-0.1, -0.05) is 24.3 Å². The van der Waals surface area contributed by atoms with Gasteiger partial charge in [0.15, 0.2) is 0 Å². The third-order valence-corrected chi connectivity index (χ3v) is 4.54. The Morgan fingerprint density at radius 2 is 2.05 bits per heavy atom. The number of aromatic nitrogens is 1. The van der Waals surface area contributed by atoms with Crippen LogP contribution < -0.4 is 0 Å². The summed E-state index contributed by atoms with van der Waals surface area (Å²) >= 11 is 0.983. The zero-order chi connectivity index (χ0) is 15.7. The number of thioether (sulfide) groups is 1. The number of rotatable bonds is 4. The number of para-hydroxylation sites is 1. The van der Waals surface area contributed by atoms with Gasteiger partial charge in [0, 0.05) is 35.8 Å². The molecule has 1 fully saturated rings. The molecule has 2 aromatic rings. The number of benzene rings is 1. The summed E-state index contributed by atoms with van der Waals surface area (Å²) in [6.07, 6.45) is 5.39. The molecule has 0 aliphatic carbocycles. The van der Waals surface area contributed by atoms with Crippen molar-refractivity contribution in [2.75, 3.05) is 6.54 Å². The zero-order valence-corrected chi connectivity index (χ0v) is 13.1. The molecule has 1 aromatic carbocycles. The number of carbonyl (C=O) groups is 2. The van der Waals surface area contributed by atoms with Crippen molar-refractivity contribution in [1.82, 2.24) is 9.47 Å². The van der Waals surface area contributed by atoms with E-state index in [1.807, 2.05) is 30.5 Å². The molecule has 5 heteroatoms. The van der Waals surface area contributed by atoms with E-state index in [0.29, 0.717) is 4.91 Å². The van der Waals surface area contributed by atoms with Crippen molar-refractivity contribution in [2.45, 2.75) is 13.5 Å². The lowest BCUT2D eigenvalue weighted by Gasteiger charge is -2.07. The molecule has 0 atom stereocenters. The minimum absolute atomic E-state index is 0.240. The molecule has 0 N–H and O–H groups in total. The van der Waals surface area contributed by atoms with Crippen molar-refractivity contribution >= 4 is 39.9 Å². The van der Waals surface area contributed by atoms with Gasteiger partial charge in [-0.25, -0.2) is 0 Å². The fraction of sp³-hybridized carbons (Fsp3) is 0.176. The van der Waals surface area contributed by atoms with Crippen LogP contribution in [0.15, 0.2) is 48.0 Å². The van der Waals surface area contributed by atoms with Crippen LogP contribution in [0.5, 0.6) is 0 Å². The third-order valence-electron chi connectivity index (χ3n) is 3.63. The second kappa shape index (κ2) is 5.85. The SMILES string of the molecule is C=CCN1C(=O)S/C(=C/c2cn(CC)c3ccccc23)C1=O. The fourth-order valence-corrected chi connectivity index (χ4v) is 3.42. The zero-order valence-electron chi connectivity index (χ0n) is 12.3. The highest BCUT2D eigenvalue weighted by Gasteiger charge is 2.34. The summed E-state index contributed by atoms with van der Waals surface area (Å²) in [6.45, 7) is 6.76. The normalized spacial score (nSPS) is 17.0. The molecule has 0 radical (unpaired) electrons. The van der Waals surface area contributed by atoms with Gasteiger partial charge < -0.3 is 4.57 Å². The second-order valence-electron chi connectivity index (χ2n) is 4.97. The molecule has 2 heterocycles. The van der Waals surface area contributed by atoms with Crippen molar-refractivity contribution < 1.29 is 9.59 Å². The Morgan fingerprint density at radius 3 is 2.77 bits per heavy atom. The number of carbonyl (C=O) groups excluding carboxylic acids is 2. The number of fused-ring (bicyclic) bond motifs is 1. The Bertz CT molecular complexity index is 804. The van der Waals surface area contributed by atoms with Crippen LogP contribution >= 0.6 is 11.8 Å². The molecule has 1 aromatic heterocycles. The number of nitrogens with zero attached hydrogens (tertiary/aromatic N) is 2. The van der Waals surface area contributed by atoms with Gasteiger partial charge in [-0.05, 0) is 30.8 Å². The predicted octanol–water partition coefficient (Wildman–Crippen LogP) is 3.88. The van der Waals surface area contributed by atoms with Crippen LogP contribution in [0.2, 0.25) is 0 Å². The minimum atomic E-state index is -0.247. The van der Waals surface area contributed by atoms with Gasteiger partial charge in [0.2, 0.25) is 0 Å². The van der Waals surface area contributed by atoms with Crippen LogP contribution in [0.3, 0.4) is 0 Å². The van der Waals surface area contributed by atoms with E-state index in [4.69, 9.17) is 0 Å². The average molecular weight is 312 g/mol. The van der Waals surface area contributed by atoms with E-state index in [9.17, 15) is 9.59 Å².